The van der Waals surface area contributed by atoms with Gasteiger partial charge in [0.25, 0.3) is 0 Å². The number of rotatable bonds is 5. The Morgan fingerprint density at radius 3 is 2.72 bits per heavy atom. The third kappa shape index (κ3) is 3.81. The summed E-state index contributed by atoms with van der Waals surface area (Å²) in [6.45, 7) is 6.05. The van der Waals surface area contributed by atoms with E-state index in [9.17, 15) is 10.1 Å². The van der Waals surface area contributed by atoms with Crippen LogP contribution in [0.1, 0.15) is 26.0 Å². The van der Waals surface area contributed by atoms with Gasteiger partial charge in [0, 0.05) is 13.1 Å². The first-order chi connectivity index (χ1) is 11.9. The average Bonchev–Trinajstić information content (AvgIpc) is 3.04. The van der Waals surface area contributed by atoms with Crippen LogP contribution in [0.5, 0.6) is 0 Å². The molecule has 0 bridgehead atoms. The average molecular weight is 346 g/mol. The van der Waals surface area contributed by atoms with Crippen LogP contribution in [-0.4, -0.2) is 28.0 Å². The Labute approximate surface area is 145 Å². The van der Waals surface area contributed by atoms with Crippen molar-refractivity contribution in [2.45, 2.75) is 26.8 Å². The van der Waals surface area contributed by atoms with Gasteiger partial charge in [-0.2, -0.15) is 9.97 Å². The van der Waals surface area contributed by atoms with Gasteiger partial charge in [-0.05, 0) is 30.4 Å². The minimum Gasteiger partial charge on any atom is -0.467 e. The molecule has 2 aromatic rings. The summed E-state index contributed by atoms with van der Waals surface area (Å²) >= 11 is 0. The summed E-state index contributed by atoms with van der Waals surface area (Å²) in [6, 6.07) is 3.60. The predicted molar refractivity (Wildman–Crippen MR) is 94.3 cm³/mol. The maximum absolute atomic E-state index is 11.5. The molecular weight excluding hydrogens is 324 g/mol. The topological polar surface area (TPSA) is 123 Å². The maximum atomic E-state index is 11.5. The van der Waals surface area contributed by atoms with E-state index in [0.29, 0.717) is 37.2 Å². The van der Waals surface area contributed by atoms with Crippen LogP contribution >= 0.6 is 0 Å². The molecule has 0 saturated carbocycles. The molecule has 0 spiro atoms. The number of nitrogens with one attached hydrogen (secondary N) is 1. The van der Waals surface area contributed by atoms with Crippen LogP contribution in [0.4, 0.5) is 23.3 Å². The molecule has 2 atom stereocenters. The number of aromatic nitrogens is 2. The third-order valence-corrected chi connectivity index (χ3v) is 4.24. The van der Waals surface area contributed by atoms with Crippen LogP contribution < -0.4 is 16.0 Å². The summed E-state index contributed by atoms with van der Waals surface area (Å²) in [6.07, 6.45) is 2.67. The molecule has 25 heavy (non-hydrogen) atoms. The summed E-state index contributed by atoms with van der Waals surface area (Å²) in [5.41, 5.74) is 5.63. The minimum atomic E-state index is -0.509. The van der Waals surface area contributed by atoms with E-state index in [1.54, 1.807) is 12.3 Å². The molecule has 0 aliphatic carbocycles. The van der Waals surface area contributed by atoms with Gasteiger partial charge < -0.3 is 20.4 Å². The number of nitrogen functional groups attached to an aromatic ring is 1. The van der Waals surface area contributed by atoms with E-state index in [1.807, 2.05) is 11.0 Å². The van der Waals surface area contributed by atoms with E-state index >= 15 is 0 Å². The number of nitrogens with zero attached hydrogens (tertiary/aromatic N) is 4. The van der Waals surface area contributed by atoms with Gasteiger partial charge in [0.1, 0.15) is 5.76 Å². The molecule has 134 valence electrons. The Morgan fingerprint density at radius 1 is 1.40 bits per heavy atom. The maximum Gasteiger partial charge on any atom is 0.353 e. The summed E-state index contributed by atoms with van der Waals surface area (Å²) in [7, 11) is 0. The predicted octanol–water partition coefficient (Wildman–Crippen LogP) is 2.65. The second kappa shape index (κ2) is 6.96. The second-order valence-electron chi connectivity index (χ2n) is 6.65. The number of furan rings is 1. The van der Waals surface area contributed by atoms with Crippen molar-refractivity contribution in [3.63, 3.8) is 0 Å². The summed E-state index contributed by atoms with van der Waals surface area (Å²) in [4.78, 5) is 21.3. The van der Waals surface area contributed by atoms with Crippen molar-refractivity contribution in [2.24, 2.45) is 11.8 Å². The highest BCUT2D eigenvalue weighted by Gasteiger charge is 2.31. The van der Waals surface area contributed by atoms with Gasteiger partial charge >= 0.3 is 5.69 Å². The Kier molecular flexibility index (Phi) is 4.73. The molecule has 0 unspecified atom stereocenters. The molecule has 3 rings (SSSR count). The number of nitro groups is 1. The van der Waals surface area contributed by atoms with Crippen LogP contribution in [0, 0.1) is 22.0 Å². The largest absolute Gasteiger partial charge is 0.467 e. The fourth-order valence-corrected chi connectivity index (χ4v) is 3.35. The lowest BCUT2D eigenvalue weighted by Gasteiger charge is -2.35. The van der Waals surface area contributed by atoms with Gasteiger partial charge in [0.2, 0.25) is 17.6 Å². The Hall–Kier alpha value is -2.84. The van der Waals surface area contributed by atoms with Crippen LogP contribution in [-0.2, 0) is 6.54 Å². The number of hydrogen-bond donors (Lipinski definition) is 2. The van der Waals surface area contributed by atoms with Gasteiger partial charge in [-0.1, -0.05) is 13.8 Å². The monoisotopic (exact) mass is 346 g/mol. The first kappa shape index (κ1) is 17.0. The van der Waals surface area contributed by atoms with E-state index in [2.05, 4.69) is 29.1 Å². The molecule has 1 aliphatic rings. The zero-order valence-electron chi connectivity index (χ0n) is 14.3. The SMILES string of the molecule is C[C@@H]1C[C@H](C)CN(c2nc(NCc3ccco3)nc(N)c2[N+](=O)[O-])C1. The number of nitrogens with two attached hydrogens (primary N) is 1. The number of hydrogen-bond acceptors (Lipinski definition) is 8. The molecular formula is C16H22N6O3. The number of piperidine rings is 1. The van der Waals surface area contributed by atoms with Gasteiger partial charge in [0.05, 0.1) is 17.7 Å². The molecule has 0 radical (unpaired) electrons. The van der Waals surface area contributed by atoms with Gasteiger partial charge in [-0.3, -0.25) is 10.1 Å². The van der Waals surface area contributed by atoms with E-state index in [4.69, 9.17) is 10.2 Å². The summed E-state index contributed by atoms with van der Waals surface area (Å²) < 4.78 is 5.25. The van der Waals surface area contributed by atoms with Crippen molar-refractivity contribution in [1.82, 2.24) is 9.97 Å². The van der Waals surface area contributed by atoms with Crippen molar-refractivity contribution in [3.05, 3.63) is 34.3 Å². The van der Waals surface area contributed by atoms with Crippen molar-refractivity contribution in [2.75, 3.05) is 29.0 Å². The van der Waals surface area contributed by atoms with Crippen LogP contribution in [0.25, 0.3) is 0 Å². The number of anilines is 3. The molecule has 1 fully saturated rings. The molecule has 2 aromatic heterocycles. The lowest BCUT2D eigenvalue weighted by Crippen LogP contribution is -2.39. The fourth-order valence-electron chi connectivity index (χ4n) is 3.35. The van der Waals surface area contributed by atoms with E-state index in [0.717, 1.165) is 6.42 Å². The molecule has 1 aliphatic heterocycles. The summed E-state index contributed by atoms with van der Waals surface area (Å²) in [5.74, 6) is 1.96. The highest BCUT2D eigenvalue weighted by Crippen LogP contribution is 2.35. The van der Waals surface area contributed by atoms with Crippen molar-refractivity contribution in [3.8, 4) is 0 Å². The van der Waals surface area contributed by atoms with Crippen molar-refractivity contribution < 1.29 is 9.34 Å². The molecule has 0 amide bonds. The normalized spacial score (nSPS) is 20.5. The molecule has 1 saturated heterocycles. The fraction of sp³-hybridized carbons (Fsp3) is 0.500. The third-order valence-electron chi connectivity index (χ3n) is 4.24. The van der Waals surface area contributed by atoms with Crippen LogP contribution in [0.3, 0.4) is 0 Å². The van der Waals surface area contributed by atoms with Gasteiger partial charge in [0.15, 0.2) is 0 Å². The van der Waals surface area contributed by atoms with E-state index in [1.165, 1.54) is 0 Å². The smallest absolute Gasteiger partial charge is 0.353 e. The minimum absolute atomic E-state index is 0.136. The molecule has 9 heteroatoms. The van der Waals surface area contributed by atoms with Gasteiger partial charge in [-0.25, -0.2) is 0 Å². The Bertz CT molecular complexity index is 739. The van der Waals surface area contributed by atoms with E-state index < -0.39 is 4.92 Å². The second-order valence-corrected chi connectivity index (χ2v) is 6.65. The molecule has 3 heterocycles. The van der Waals surface area contributed by atoms with Gasteiger partial charge in [-0.15, -0.1) is 0 Å². The Balaban J connectivity index is 1.91. The Morgan fingerprint density at radius 2 is 2.12 bits per heavy atom. The van der Waals surface area contributed by atoms with Crippen molar-refractivity contribution >= 4 is 23.3 Å². The quantitative estimate of drug-likeness (QED) is 0.625. The van der Waals surface area contributed by atoms with E-state index in [-0.39, 0.29) is 23.3 Å². The van der Waals surface area contributed by atoms with Crippen LogP contribution in [0.2, 0.25) is 0 Å². The lowest BCUT2D eigenvalue weighted by molar-refractivity contribution is -0.383. The highest BCUT2D eigenvalue weighted by molar-refractivity contribution is 5.71. The standard InChI is InChI=1S/C16H22N6O3/c1-10-6-11(2)9-21(8-10)15-13(22(23)24)14(17)19-16(20-15)18-7-12-4-3-5-25-12/h3-5,10-11H,6-9H2,1-2H3,(H3,17,18,19,20)/t10-,11+. The molecule has 3 N–H and O–H groups in total. The van der Waals surface area contributed by atoms with Crippen LogP contribution in [0.15, 0.2) is 22.8 Å². The first-order valence-corrected chi connectivity index (χ1v) is 8.27. The first-order valence-electron chi connectivity index (χ1n) is 8.27. The molecule has 0 aromatic carbocycles. The highest BCUT2D eigenvalue weighted by atomic mass is 16.6. The zero-order chi connectivity index (χ0) is 18.0. The van der Waals surface area contributed by atoms with Crippen molar-refractivity contribution in [1.29, 1.82) is 0 Å². The lowest BCUT2D eigenvalue weighted by atomic mass is 9.92. The summed E-state index contributed by atoms with van der Waals surface area (Å²) in [5, 5.41) is 14.5. The molecule has 9 nitrogen and oxygen atoms in total. The zero-order valence-corrected chi connectivity index (χ0v) is 14.3.